The highest BCUT2D eigenvalue weighted by atomic mass is 127. The third kappa shape index (κ3) is 5.81. The molecular weight excluding hydrogens is 526 g/mol. The number of rotatable bonds is 4. The van der Waals surface area contributed by atoms with Crippen molar-refractivity contribution in [3.8, 4) is 0 Å². The predicted octanol–water partition coefficient (Wildman–Crippen LogP) is 4.80. The van der Waals surface area contributed by atoms with E-state index in [0.717, 1.165) is 6.07 Å². The normalized spacial score (nSPS) is 14.1. The Bertz CT molecular complexity index is 1020. The molecule has 0 aromatic heterocycles. The molecule has 10 heteroatoms. The predicted molar refractivity (Wildman–Crippen MR) is 118 cm³/mol. The standard InChI is InChI=1S/C21H21F3IN3O3/c1-21(2,3)31-20(30)28-9-13(10-28)26-19(29)18-15(24)6-11(22)7-17(18)27-16-5-4-12(25)8-14(16)23/h4-8,13,27H,9-10H2,1-3H3,(H,26,29). The Hall–Kier alpha value is -2.50. The largest absolute Gasteiger partial charge is 0.444 e. The molecule has 0 unspecified atom stereocenters. The average molecular weight is 547 g/mol. The van der Waals surface area contributed by atoms with Crippen LogP contribution < -0.4 is 10.6 Å². The van der Waals surface area contributed by atoms with Crippen molar-refractivity contribution in [3.05, 3.63) is 56.9 Å². The highest BCUT2D eigenvalue weighted by Gasteiger charge is 2.35. The fourth-order valence-electron chi connectivity index (χ4n) is 2.94. The van der Waals surface area contributed by atoms with Gasteiger partial charge in [0.05, 0.1) is 23.0 Å². The summed E-state index contributed by atoms with van der Waals surface area (Å²) in [6, 6.07) is 5.35. The summed E-state index contributed by atoms with van der Waals surface area (Å²) in [6.07, 6.45) is -0.512. The maximum absolute atomic E-state index is 14.5. The van der Waals surface area contributed by atoms with Crippen LogP contribution in [0.15, 0.2) is 30.3 Å². The molecule has 1 aliphatic rings. The van der Waals surface area contributed by atoms with E-state index in [1.165, 1.54) is 17.0 Å². The summed E-state index contributed by atoms with van der Waals surface area (Å²) in [5.74, 6) is -3.44. The first-order valence-electron chi connectivity index (χ1n) is 9.43. The fourth-order valence-corrected chi connectivity index (χ4v) is 3.40. The van der Waals surface area contributed by atoms with E-state index in [1.54, 1.807) is 26.8 Å². The Labute approximate surface area is 191 Å². The van der Waals surface area contributed by atoms with Crippen LogP contribution in [0.2, 0.25) is 0 Å². The molecule has 1 aliphatic heterocycles. The van der Waals surface area contributed by atoms with Crippen molar-refractivity contribution >= 4 is 46.0 Å². The van der Waals surface area contributed by atoms with E-state index in [1.807, 2.05) is 22.6 Å². The maximum Gasteiger partial charge on any atom is 0.410 e. The van der Waals surface area contributed by atoms with Gasteiger partial charge in [-0.3, -0.25) is 4.79 Å². The minimum Gasteiger partial charge on any atom is -0.444 e. The first-order valence-corrected chi connectivity index (χ1v) is 10.5. The third-order valence-corrected chi connectivity index (χ3v) is 5.02. The number of hydrogen-bond acceptors (Lipinski definition) is 4. The van der Waals surface area contributed by atoms with Crippen molar-refractivity contribution in [1.82, 2.24) is 10.2 Å². The van der Waals surface area contributed by atoms with Gasteiger partial charge in [0.2, 0.25) is 0 Å². The second-order valence-electron chi connectivity index (χ2n) is 8.12. The smallest absolute Gasteiger partial charge is 0.410 e. The Balaban J connectivity index is 1.72. The van der Waals surface area contributed by atoms with Crippen molar-refractivity contribution in [3.63, 3.8) is 0 Å². The number of likely N-dealkylation sites (tertiary alicyclic amines) is 1. The van der Waals surface area contributed by atoms with Gasteiger partial charge in [-0.1, -0.05) is 0 Å². The summed E-state index contributed by atoms with van der Waals surface area (Å²) in [7, 11) is 0. The molecule has 2 N–H and O–H groups in total. The highest BCUT2D eigenvalue weighted by molar-refractivity contribution is 14.1. The number of carbonyl (C=O) groups excluding carboxylic acids is 2. The molecule has 0 aliphatic carbocycles. The number of nitrogens with zero attached hydrogens (tertiary/aromatic N) is 1. The van der Waals surface area contributed by atoms with E-state index in [0.29, 0.717) is 9.64 Å². The lowest BCUT2D eigenvalue weighted by Crippen LogP contribution is -2.61. The van der Waals surface area contributed by atoms with Gasteiger partial charge in [0, 0.05) is 22.7 Å². The molecule has 6 nitrogen and oxygen atoms in total. The quantitative estimate of drug-likeness (QED) is 0.540. The van der Waals surface area contributed by atoms with Crippen LogP contribution >= 0.6 is 22.6 Å². The highest BCUT2D eigenvalue weighted by Crippen LogP contribution is 2.28. The number of carbonyl (C=O) groups is 2. The molecule has 2 amide bonds. The monoisotopic (exact) mass is 547 g/mol. The Kier molecular flexibility index (Phi) is 6.68. The van der Waals surface area contributed by atoms with E-state index in [9.17, 15) is 22.8 Å². The topological polar surface area (TPSA) is 70.7 Å². The summed E-state index contributed by atoms with van der Waals surface area (Å²) in [4.78, 5) is 26.1. The fraction of sp³-hybridized carbons (Fsp3) is 0.333. The van der Waals surface area contributed by atoms with Crippen molar-refractivity contribution in [2.75, 3.05) is 18.4 Å². The third-order valence-electron chi connectivity index (χ3n) is 4.35. The van der Waals surface area contributed by atoms with Crippen molar-refractivity contribution < 1.29 is 27.5 Å². The molecule has 0 bridgehead atoms. The minimum absolute atomic E-state index is 0.0285. The lowest BCUT2D eigenvalue weighted by atomic mass is 10.1. The summed E-state index contributed by atoms with van der Waals surface area (Å²) in [6.45, 7) is 5.61. The number of hydrogen-bond donors (Lipinski definition) is 2. The minimum atomic E-state index is -1.09. The number of anilines is 2. The van der Waals surface area contributed by atoms with Crippen LogP contribution in [0.5, 0.6) is 0 Å². The van der Waals surface area contributed by atoms with Gasteiger partial charge >= 0.3 is 6.09 Å². The van der Waals surface area contributed by atoms with Crippen LogP contribution in [0, 0.1) is 21.0 Å². The second-order valence-corrected chi connectivity index (χ2v) is 9.36. The van der Waals surface area contributed by atoms with Gasteiger partial charge in [-0.2, -0.15) is 0 Å². The lowest BCUT2D eigenvalue weighted by Gasteiger charge is -2.40. The van der Waals surface area contributed by atoms with Gasteiger partial charge in [-0.05, 0) is 67.6 Å². The molecular formula is C21H21F3IN3O3. The zero-order valence-electron chi connectivity index (χ0n) is 17.1. The Morgan fingerprint density at radius 1 is 1.06 bits per heavy atom. The zero-order valence-corrected chi connectivity index (χ0v) is 19.2. The number of halogens is 4. The summed E-state index contributed by atoms with van der Waals surface area (Å²) >= 11 is 1.93. The van der Waals surface area contributed by atoms with Crippen molar-refractivity contribution in [2.24, 2.45) is 0 Å². The molecule has 0 saturated carbocycles. The van der Waals surface area contributed by atoms with Crippen LogP contribution in [0.1, 0.15) is 31.1 Å². The molecule has 2 aromatic rings. The van der Waals surface area contributed by atoms with Gasteiger partial charge in [0.1, 0.15) is 23.1 Å². The summed E-state index contributed by atoms with van der Waals surface area (Å²) in [5.41, 5.74) is -1.33. The van der Waals surface area contributed by atoms with E-state index in [2.05, 4.69) is 10.6 Å². The number of nitrogens with one attached hydrogen (secondary N) is 2. The molecule has 166 valence electrons. The zero-order chi connectivity index (χ0) is 22.9. The Morgan fingerprint density at radius 2 is 1.74 bits per heavy atom. The summed E-state index contributed by atoms with van der Waals surface area (Å²) in [5, 5.41) is 5.19. The van der Waals surface area contributed by atoms with Crippen LogP contribution in [0.4, 0.5) is 29.3 Å². The van der Waals surface area contributed by atoms with Gasteiger partial charge < -0.3 is 20.3 Å². The molecule has 1 fully saturated rings. The lowest BCUT2D eigenvalue weighted by molar-refractivity contribution is 0.00530. The van der Waals surface area contributed by atoms with Crippen LogP contribution in [-0.4, -0.2) is 41.6 Å². The van der Waals surface area contributed by atoms with Gasteiger partial charge in [0.25, 0.3) is 5.91 Å². The van der Waals surface area contributed by atoms with Crippen LogP contribution in [-0.2, 0) is 4.74 Å². The molecule has 2 aromatic carbocycles. The Morgan fingerprint density at radius 3 is 2.35 bits per heavy atom. The molecule has 3 rings (SSSR count). The SMILES string of the molecule is CC(C)(C)OC(=O)N1CC(NC(=O)c2c(F)cc(F)cc2Nc2ccc(I)cc2F)C1. The molecule has 1 heterocycles. The van der Waals surface area contributed by atoms with E-state index in [-0.39, 0.29) is 24.5 Å². The molecule has 1 saturated heterocycles. The first-order chi connectivity index (χ1) is 14.4. The number of amides is 2. The first kappa shape index (κ1) is 23.2. The molecule has 0 atom stereocenters. The second kappa shape index (κ2) is 8.93. The van der Waals surface area contributed by atoms with Gasteiger partial charge in [-0.25, -0.2) is 18.0 Å². The van der Waals surface area contributed by atoms with Crippen LogP contribution in [0.3, 0.4) is 0 Å². The van der Waals surface area contributed by atoms with Gasteiger partial charge in [-0.15, -0.1) is 0 Å². The average Bonchev–Trinajstić information content (AvgIpc) is 2.57. The van der Waals surface area contributed by atoms with Crippen LogP contribution in [0.25, 0.3) is 0 Å². The molecule has 0 radical (unpaired) electrons. The van der Waals surface area contributed by atoms with Crippen molar-refractivity contribution in [2.45, 2.75) is 32.4 Å². The number of ether oxygens (including phenoxy) is 1. The van der Waals surface area contributed by atoms with E-state index < -0.39 is 46.7 Å². The maximum atomic E-state index is 14.5. The summed E-state index contributed by atoms with van der Waals surface area (Å²) < 4.78 is 48.3. The van der Waals surface area contributed by atoms with E-state index in [4.69, 9.17) is 4.74 Å². The van der Waals surface area contributed by atoms with Gasteiger partial charge in [0.15, 0.2) is 0 Å². The molecule has 0 spiro atoms. The number of benzene rings is 2. The van der Waals surface area contributed by atoms with Crippen molar-refractivity contribution in [1.29, 1.82) is 0 Å². The molecule has 31 heavy (non-hydrogen) atoms. The van der Waals surface area contributed by atoms with E-state index >= 15 is 0 Å².